The Morgan fingerprint density at radius 3 is 2.42 bits per heavy atom. The van der Waals surface area contributed by atoms with Crippen LogP contribution in [-0.2, 0) is 11.3 Å². The van der Waals surface area contributed by atoms with E-state index < -0.39 is 4.92 Å². The third-order valence-corrected chi connectivity index (χ3v) is 4.39. The highest BCUT2D eigenvalue weighted by molar-refractivity contribution is 14.0. The lowest BCUT2D eigenvalue weighted by Gasteiger charge is -2.41. The van der Waals surface area contributed by atoms with Crippen LogP contribution in [0.4, 0.5) is 5.69 Å². The van der Waals surface area contributed by atoms with Crippen LogP contribution in [0.3, 0.4) is 0 Å². The zero-order chi connectivity index (χ0) is 18.3. The maximum absolute atomic E-state index is 10.7. The molecule has 0 atom stereocenters. The Kier molecular flexibility index (Phi) is 9.23. The van der Waals surface area contributed by atoms with E-state index in [-0.39, 0.29) is 35.2 Å². The zero-order valence-electron chi connectivity index (χ0n) is 15.5. The summed E-state index contributed by atoms with van der Waals surface area (Å²) in [5.74, 6) is 0.708. The molecule has 2 N–H and O–H groups in total. The minimum atomic E-state index is -0.397. The third-order valence-electron chi connectivity index (χ3n) is 4.39. The summed E-state index contributed by atoms with van der Waals surface area (Å²) in [5, 5.41) is 17.3. The molecule has 1 aliphatic heterocycles. The second kappa shape index (κ2) is 10.6. The lowest BCUT2D eigenvalue weighted by Crippen LogP contribution is -2.56. The summed E-state index contributed by atoms with van der Waals surface area (Å²) >= 11 is 0. The highest BCUT2D eigenvalue weighted by atomic mass is 127. The molecular weight excluding hydrogens is 449 g/mol. The van der Waals surface area contributed by atoms with E-state index in [0.29, 0.717) is 12.5 Å². The van der Waals surface area contributed by atoms with Gasteiger partial charge in [0.05, 0.1) is 18.1 Å². The third kappa shape index (κ3) is 6.69. The minimum Gasteiger partial charge on any atom is -0.379 e. The molecule has 0 unspecified atom stereocenters. The van der Waals surface area contributed by atoms with Gasteiger partial charge in [0.1, 0.15) is 0 Å². The smallest absolute Gasteiger partial charge is 0.269 e. The van der Waals surface area contributed by atoms with Crippen molar-refractivity contribution in [2.75, 3.05) is 39.9 Å². The van der Waals surface area contributed by atoms with Crippen LogP contribution in [0.1, 0.15) is 19.4 Å². The quantitative estimate of drug-likeness (QED) is 0.214. The Bertz CT molecular complexity index is 601. The molecule has 0 aromatic heterocycles. The second-order valence-electron chi connectivity index (χ2n) is 6.61. The maximum atomic E-state index is 10.7. The minimum absolute atomic E-state index is 0. The first-order valence-electron chi connectivity index (χ1n) is 8.43. The number of nitrogens with one attached hydrogen (secondary N) is 2. The Hall–Kier alpha value is -1.46. The number of nitro groups is 1. The number of aliphatic imine (C=N–C) groups is 1. The molecule has 0 spiro atoms. The molecule has 0 bridgehead atoms. The van der Waals surface area contributed by atoms with Gasteiger partial charge in [-0.3, -0.25) is 20.0 Å². The molecule has 0 radical (unpaired) electrons. The number of hydrogen-bond acceptors (Lipinski definition) is 5. The summed E-state index contributed by atoms with van der Waals surface area (Å²) in [7, 11) is 1.73. The number of rotatable bonds is 6. The van der Waals surface area contributed by atoms with Gasteiger partial charge in [0.15, 0.2) is 5.96 Å². The van der Waals surface area contributed by atoms with Crippen molar-refractivity contribution in [1.29, 1.82) is 0 Å². The molecule has 0 saturated carbocycles. The molecule has 26 heavy (non-hydrogen) atoms. The summed E-state index contributed by atoms with van der Waals surface area (Å²) < 4.78 is 5.41. The first-order chi connectivity index (χ1) is 11.9. The number of halogens is 1. The fourth-order valence-corrected chi connectivity index (χ4v) is 2.72. The van der Waals surface area contributed by atoms with Crippen molar-refractivity contribution in [3.05, 3.63) is 39.9 Å². The second-order valence-corrected chi connectivity index (χ2v) is 6.61. The summed E-state index contributed by atoms with van der Waals surface area (Å²) in [5.41, 5.74) is 1.05. The number of guanidine groups is 1. The lowest BCUT2D eigenvalue weighted by atomic mass is 10.0. The summed E-state index contributed by atoms with van der Waals surface area (Å²) in [4.78, 5) is 16.9. The van der Waals surface area contributed by atoms with Crippen molar-refractivity contribution >= 4 is 35.6 Å². The summed E-state index contributed by atoms with van der Waals surface area (Å²) in [6.07, 6.45) is 0. The molecule has 1 saturated heterocycles. The largest absolute Gasteiger partial charge is 0.379 e. The van der Waals surface area contributed by atoms with Crippen LogP contribution in [0.15, 0.2) is 29.3 Å². The van der Waals surface area contributed by atoms with Gasteiger partial charge in [0, 0.05) is 50.9 Å². The van der Waals surface area contributed by atoms with Crippen LogP contribution < -0.4 is 10.6 Å². The average Bonchev–Trinajstić information content (AvgIpc) is 2.63. The maximum Gasteiger partial charge on any atom is 0.269 e. The predicted octanol–water partition coefficient (Wildman–Crippen LogP) is 1.99. The normalized spacial score (nSPS) is 15.9. The van der Waals surface area contributed by atoms with Crippen LogP contribution in [0.5, 0.6) is 0 Å². The van der Waals surface area contributed by atoms with Gasteiger partial charge in [0.2, 0.25) is 0 Å². The molecule has 1 aromatic carbocycles. The topological polar surface area (TPSA) is 92.0 Å². The molecule has 0 amide bonds. The fourth-order valence-electron chi connectivity index (χ4n) is 2.72. The molecule has 146 valence electrons. The molecule has 9 heteroatoms. The Balaban J connectivity index is 0.00000338. The zero-order valence-corrected chi connectivity index (χ0v) is 17.9. The highest BCUT2D eigenvalue weighted by Crippen LogP contribution is 2.15. The van der Waals surface area contributed by atoms with Gasteiger partial charge in [-0.15, -0.1) is 24.0 Å². The standard InChI is InChI=1S/C17H27N5O3.HI/c1-17(2,21-8-10-25-11-9-21)13-20-16(18-3)19-12-14-4-6-15(7-5-14)22(23)24;/h4-7H,8-13H2,1-3H3,(H2,18,19,20);1H. The van der Waals surface area contributed by atoms with Gasteiger partial charge < -0.3 is 15.4 Å². The van der Waals surface area contributed by atoms with Crippen molar-refractivity contribution in [1.82, 2.24) is 15.5 Å². The molecule has 0 aliphatic carbocycles. The number of ether oxygens (including phenoxy) is 1. The van der Waals surface area contributed by atoms with Gasteiger partial charge in [-0.25, -0.2) is 0 Å². The molecule has 1 aliphatic rings. The number of non-ortho nitro benzene ring substituents is 1. The van der Waals surface area contributed by atoms with Crippen molar-refractivity contribution in [3.63, 3.8) is 0 Å². The van der Waals surface area contributed by atoms with Gasteiger partial charge >= 0.3 is 0 Å². The monoisotopic (exact) mass is 477 g/mol. The van der Waals surface area contributed by atoms with Gasteiger partial charge in [-0.2, -0.15) is 0 Å². The van der Waals surface area contributed by atoms with Gasteiger partial charge in [-0.1, -0.05) is 12.1 Å². The number of morpholine rings is 1. The first-order valence-corrected chi connectivity index (χ1v) is 8.43. The van der Waals surface area contributed by atoms with E-state index >= 15 is 0 Å². The van der Waals surface area contributed by atoms with Gasteiger partial charge in [-0.05, 0) is 19.4 Å². The van der Waals surface area contributed by atoms with E-state index in [2.05, 4.69) is 34.4 Å². The lowest BCUT2D eigenvalue weighted by molar-refractivity contribution is -0.384. The van der Waals surface area contributed by atoms with Crippen LogP contribution in [-0.4, -0.2) is 61.2 Å². The van der Waals surface area contributed by atoms with Crippen molar-refractivity contribution in [3.8, 4) is 0 Å². The van der Waals surface area contributed by atoms with E-state index in [4.69, 9.17) is 4.74 Å². The van der Waals surface area contributed by atoms with Crippen molar-refractivity contribution in [2.24, 2.45) is 4.99 Å². The number of nitrogens with zero attached hydrogens (tertiary/aromatic N) is 3. The molecule has 1 fully saturated rings. The van der Waals surface area contributed by atoms with E-state index in [0.717, 1.165) is 38.4 Å². The summed E-state index contributed by atoms with van der Waals surface area (Å²) in [6, 6.07) is 6.51. The average molecular weight is 477 g/mol. The number of nitro benzene ring substituents is 1. The summed E-state index contributed by atoms with van der Waals surface area (Å²) in [6.45, 7) is 9.13. The SMILES string of the molecule is CN=C(NCc1ccc([N+](=O)[O-])cc1)NCC(C)(C)N1CCOCC1.I. The van der Waals surface area contributed by atoms with E-state index in [1.54, 1.807) is 19.2 Å². The fraction of sp³-hybridized carbons (Fsp3) is 0.588. The number of benzene rings is 1. The van der Waals surface area contributed by atoms with Crippen LogP contribution in [0.2, 0.25) is 0 Å². The molecular formula is C17H28IN5O3. The number of hydrogen-bond donors (Lipinski definition) is 2. The van der Waals surface area contributed by atoms with Crippen LogP contribution >= 0.6 is 24.0 Å². The predicted molar refractivity (Wildman–Crippen MR) is 113 cm³/mol. The first kappa shape index (κ1) is 22.6. The van der Waals surface area contributed by atoms with Crippen molar-refractivity contribution < 1.29 is 9.66 Å². The van der Waals surface area contributed by atoms with Gasteiger partial charge in [0.25, 0.3) is 5.69 Å². The Morgan fingerprint density at radius 2 is 1.88 bits per heavy atom. The molecule has 2 rings (SSSR count). The van der Waals surface area contributed by atoms with E-state index in [1.807, 2.05) is 0 Å². The van der Waals surface area contributed by atoms with Crippen molar-refractivity contribution in [2.45, 2.75) is 25.9 Å². The van der Waals surface area contributed by atoms with Crippen LogP contribution in [0, 0.1) is 10.1 Å². The Morgan fingerprint density at radius 1 is 1.27 bits per heavy atom. The van der Waals surface area contributed by atoms with Crippen LogP contribution in [0.25, 0.3) is 0 Å². The molecule has 1 heterocycles. The Labute approximate surface area is 171 Å². The molecule has 1 aromatic rings. The van der Waals surface area contributed by atoms with E-state index in [1.165, 1.54) is 12.1 Å². The highest BCUT2D eigenvalue weighted by Gasteiger charge is 2.28. The van der Waals surface area contributed by atoms with E-state index in [9.17, 15) is 10.1 Å². The molecule has 8 nitrogen and oxygen atoms in total.